The summed E-state index contributed by atoms with van der Waals surface area (Å²) in [6, 6.07) is 7.98. The molecule has 1 aromatic carbocycles. The molecule has 140 valence electrons. The van der Waals surface area contributed by atoms with Crippen LogP contribution in [0.5, 0.6) is 0 Å². The summed E-state index contributed by atoms with van der Waals surface area (Å²) in [6.07, 6.45) is 4.94. The highest BCUT2D eigenvalue weighted by Crippen LogP contribution is 2.36. The Kier molecular flexibility index (Phi) is 5.39. The third-order valence-corrected chi connectivity index (χ3v) is 4.72. The zero-order chi connectivity index (χ0) is 18.7. The van der Waals surface area contributed by atoms with Crippen molar-refractivity contribution in [2.24, 2.45) is 5.92 Å². The van der Waals surface area contributed by atoms with E-state index >= 15 is 0 Å². The summed E-state index contributed by atoms with van der Waals surface area (Å²) >= 11 is 0. The molecule has 6 heteroatoms. The average molecular weight is 356 g/mol. The Morgan fingerprint density at radius 2 is 1.96 bits per heavy atom. The predicted molar refractivity (Wildman–Crippen MR) is 99.1 cm³/mol. The summed E-state index contributed by atoms with van der Waals surface area (Å²) in [4.78, 5) is 14.3. The highest BCUT2D eigenvalue weighted by Gasteiger charge is 2.36. The summed E-state index contributed by atoms with van der Waals surface area (Å²) in [5.74, 6) is 0.262. The molecule has 2 atom stereocenters. The maximum atomic E-state index is 12.8. The largest absolute Gasteiger partial charge is 0.460 e. The predicted octanol–water partition coefficient (Wildman–Crippen LogP) is 3.98. The van der Waals surface area contributed by atoms with Gasteiger partial charge in [0.15, 0.2) is 5.82 Å². The summed E-state index contributed by atoms with van der Waals surface area (Å²) < 4.78 is 5.67. The molecule has 1 heterocycles. The number of hydrogen-bond donors (Lipinski definition) is 0. The van der Waals surface area contributed by atoms with E-state index in [2.05, 4.69) is 15.4 Å². The van der Waals surface area contributed by atoms with Crippen LogP contribution in [-0.4, -0.2) is 31.8 Å². The number of aromatic nitrogens is 4. The van der Waals surface area contributed by atoms with E-state index in [4.69, 9.17) is 4.74 Å². The highest BCUT2D eigenvalue weighted by atomic mass is 16.6. The summed E-state index contributed by atoms with van der Waals surface area (Å²) in [5.41, 5.74) is 1.54. The molecule has 1 aliphatic rings. The third kappa shape index (κ3) is 4.48. The van der Waals surface area contributed by atoms with E-state index in [-0.39, 0.29) is 17.8 Å². The molecule has 1 saturated carbocycles. The van der Waals surface area contributed by atoms with Crippen LogP contribution < -0.4 is 0 Å². The Hall–Kier alpha value is -2.24. The molecule has 1 unspecified atom stereocenters. The number of ether oxygens (including phenoxy) is 1. The van der Waals surface area contributed by atoms with Gasteiger partial charge < -0.3 is 4.74 Å². The zero-order valence-electron chi connectivity index (χ0n) is 16.1. The lowest BCUT2D eigenvalue weighted by molar-refractivity contribution is -0.161. The van der Waals surface area contributed by atoms with Crippen molar-refractivity contribution in [3.63, 3.8) is 0 Å². The topological polar surface area (TPSA) is 69.9 Å². The van der Waals surface area contributed by atoms with Crippen molar-refractivity contribution in [2.75, 3.05) is 0 Å². The number of tetrazole rings is 1. The zero-order valence-corrected chi connectivity index (χ0v) is 16.1. The lowest BCUT2D eigenvalue weighted by atomic mass is 9.87. The molecule has 0 saturated heterocycles. The minimum atomic E-state index is -0.486. The fourth-order valence-electron chi connectivity index (χ4n) is 3.51. The maximum Gasteiger partial charge on any atom is 0.310 e. The molecule has 0 spiro atoms. The van der Waals surface area contributed by atoms with Crippen molar-refractivity contribution in [2.45, 2.75) is 71.3 Å². The van der Waals surface area contributed by atoms with Gasteiger partial charge in [0.2, 0.25) is 0 Å². The Bertz CT molecular complexity index is 763. The highest BCUT2D eigenvalue weighted by molar-refractivity contribution is 5.74. The first-order valence-electron chi connectivity index (χ1n) is 9.43. The van der Waals surface area contributed by atoms with E-state index in [9.17, 15) is 4.79 Å². The molecule has 1 aromatic heterocycles. The number of aryl methyl sites for hydroxylation is 1. The Balaban J connectivity index is 1.86. The van der Waals surface area contributed by atoms with Crippen molar-refractivity contribution in [3.05, 3.63) is 35.7 Å². The van der Waals surface area contributed by atoms with E-state index in [1.54, 1.807) is 4.80 Å². The van der Waals surface area contributed by atoms with E-state index in [0.29, 0.717) is 5.82 Å². The first-order chi connectivity index (χ1) is 12.3. The lowest BCUT2D eigenvalue weighted by Gasteiger charge is -2.26. The SMILES string of the molecule is Cc1cccc(-n2nnc([C@H]3CCCCCC3C(=O)OC(C)(C)C)n2)c1. The van der Waals surface area contributed by atoms with Gasteiger partial charge in [0.05, 0.1) is 11.6 Å². The molecule has 2 aromatic rings. The number of rotatable bonds is 3. The molecule has 6 nitrogen and oxygen atoms in total. The molecule has 26 heavy (non-hydrogen) atoms. The van der Waals surface area contributed by atoms with Crippen LogP contribution in [0.15, 0.2) is 24.3 Å². The normalized spacial score (nSPS) is 21.2. The van der Waals surface area contributed by atoms with E-state index in [1.807, 2.05) is 52.0 Å². The second-order valence-electron chi connectivity index (χ2n) is 8.16. The van der Waals surface area contributed by atoms with Crippen LogP contribution in [0.1, 0.15) is 70.2 Å². The van der Waals surface area contributed by atoms with Crippen LogP contribution in [0.2, 0.25) is 0 Å². The van der Waals surface area contributed by atoms with Gasteiger partial charge in [-0.05, 0) is 63.4 Å². The van der Waals surface area contributed by atoms with Gasteiger partial charge in [-0.2, -0.15) is 0 Å². The number of carbonyl (C=O) groups excluding carboxylic acids is 1. The first kappa shape index (κ1) is 18.5. The molecular weight excluding hydrogens is 328 g/mol. The number of benzene rings is 1. The van der Waals surface area contributed by atoms with Crippen LogP contribution in [0.25, 0.3) is 5.69 Å². The monoisotopic (exact) mass is 356 g/mol. The molecular formula is C20H28N4O2. The smallest absolute Gasteiger partial charge is 0.310 e. The van der Waals surface area contributed by atoms with Gasteiger partial charge in [0, 0.05) is 5.92 Å². The molecule has 0 radical (unpaired) electrons. The fourth-order valence-corrected chi connectivity index (χ4v) is 3.51. The molecule has 0 amide bonds. The number of carbonyl (C=O) groups is 1. The van der Waals surface area contributed by atoms with E-state index in [0.717, 1.165) is 43.4 Å². The fraction of sp³-hybridized carbons (Fsp3) is 0.600. The number of esters is 1. The van der Waals surface area contributed by atoms with E-state index < -0.39 is 5.60 Å². The second-order valence-corrected chi connectivity index (χ2v) is 8.16. The quantitative estimate of drug-likeness (QED) is 0.614. The average Bonchev–Trinajstić information content (AvgIpc) is 2.91. The first-order valence-corrected chi connectivity index (χ1v) is 9.43. The minimum Gasteiger partial charge on any atom is -0.460 e. The molecule has 3 rings (SSSR count). The van der Waals surface area contributed by atoms with Gasteiger partial charge in [-0.1, -0.05) is 31.4 Å². The van der Waals surface area contributed by atoms with Gasteiger partial charge in [0.25, 0.3) is 0 Å². The summed E-state index contributed by atoms with van der Waals surface area (Å²) in [6.45, 7) is 7.75. The van der Waals surface area contributed by atoms with Gasteiger partial charge in [-0.15, -0.1) is 15.0 Å². The summed E-state index contributed by atoms with van der Waals surface area (Å²) in [7, 11) is 0. The Labute approximate surface area is 154 Å². The van der Waals surface area contributed by atoms with Crippen molar-refractivity contribution in [1.82, 2.24) is 20.2 Å². The second kappa shape index (κ2) is 7.56. The Morgan fingerprint density at radius 1 is 1.19 bits per heavy atom. The van der Waals surface area contributed by atoms with Gasteiger partial charge >= 0.3 is 5.97 Å². The van der Waals surface area contributed by atoms with Crippen LogP contribution in [0.4, 0.5) is 0 Å². The van der Waals surface area contributed by atoms with Crippen LogP contribution in [0.3, 0.4) is 0 Å². The molecule has 0 aliphatic heterocycles. The van der Waals surface area contributed by atoms with Crippen LogP contribution in [0, 0.1) is 12.8 Å². The minimum absolute atomic E-state index is 0.0362. The van der Waals surface area contributed by atoms with Crippen molar-refractivity contribution in [1.29, 1.82) is 0 Å². The standard InChI is InChI=1S/C20H28N4O2/c1-14-9-8-10-15(13-14)24-22-18(21-23-24)16-11-6-5-7-12-17(16)19(25)26-20(2,3)4/h8-10,13,16-17H,5-7,11-12H2,1-4H3/t16-,17?/m0/s1. The van der Waals surface area contributed by atoms with Gasteiger partial charge in [0.1, 0.15) is 5.60 Å². The van der Waals surface area contributed by atoms with Crippen LogP contribution >= 0.6 is 0 Å². The maximum absolute atomic E-state index is 12.8. The van der Waals surface area contributed by atoms with E-state index in [1.165, 1.54) is 0 Å². The van der Waals surface area contributed by atoms with Gasteiger partial charge in [-0.25, -0.2) is 0 Å². The van der Waals surface area contributed by atoms with Gasteiger partial charge in [-0.3, -0.25) is 4.79 Å². The summed E-state index contributed by atoms with van der Waals surface area (Å²) in [5, 5.41) is 13.1. The number of hydrogen-bond acceptors (Lipinski definition) is 5. The molecule has 1 aliphatic carbocycles. The van der Waals surface area contributed by atoms with Crippen molar-refractivity contribution < 1.29 is 9.53 Å². The van der Waals surface area contributed by atoms with Crippen molar-refractivity contribution >= 4 is 5.97 Å². The Morgan fingerprint density at radius 3 is 2.69 bits per heavy atom. The van der Waals surface area contributed by atoms with Crippen molar-refractivity contribution in [3.8, 4) is 5.69 Å². The molecule has 0 N–H and O–H groups in total. The lowest BCUT2D eigenvalue weighted by Crippen LogP contribution is -2.31. The number of nitrogens with zero attached hydrogens (tertiary/aromatic N) is 4. The molecule has 1 fully saturated rings. The third-order valence-electron chi connectivity index (χ3n) is 4.72. The molecule has 0 bridgehead atoms. The van der Waals surface area contributed by atoms with Crippen LogP contribution in [-0.2, 0) is 9.53 Å².